The van der Waals surface area contributed by atoms with Crippen molar-refractivity contribution in [2.24, 2.45) is 0 Å². The van der Waals surface area contributed by atoms with Gasteiger partial charge in [0.2, 0.25) is 5.82 Å². The topological polar surface area (TPSA) is 98.8 Å². The van der Waals surface area contributed by atoms with Gasteiger partial charge in [-0.05, 0) is 6.92 Å². The summed E-state index contributed by atoms with van der Waals surface area (Å²) >= 11 is 0. The fourth-order valence-corrected chi connectivity index (χ4v) is 1.86. The van der Waals surface area contributed by atoms with Crippen molar-refractivity contribution in [3.05, 3.63) is 40.4 Å². The molecule has 0 aliphatic heterocycles. The third-order valence-corrected chi connectivity index (χ3v) is 2.79. The van der Waals surface area contributed by atoms with E-state index in [0.29, 0.717) is 12.1 Å². The number of nitrogens with one attached hydrogen (secondary N) is 1. The molecule has 8 heteroatoms. The predicted molar refractivity (Wildman–Crippen MR) is 68.9 cm³/mol. The number of nitro groups is 1. The lowest BCUT2D eigenvalue weighted by atomic mass is 10.2. The van der Waals surface area contributed by atoms with Crippen LogP contribution in [0.15, 0.2) is 18.7 Å². The van der Waals surface area contributed by atoms with Crippen LogP contribution in [-0.2, 0) is 13.0 Å². The Labute approximate surface area is 109 Å². The van der Waals surface area contributed by atoms with E-state index in [-0.39, 0.29) is 11.5 Å². The summed E-state index contributed by atoms with van der Waals surface area (Å²) in [5, 5.41) is 13.8. The Kier molecular flexibility index (Phi) is 3.69. The molecule has 1 N–H and O–H groups in total. The molecule has 0 atom stereocenters. The second-order valence-electron chi connectivity index (χ2n) is 3.83. The van der Waals surface area contributed by atoms with E-state index in [1.807, 2.05) is 17.7 Å². The highest BCUT2D eigenvalue weighted by molar-refractivity contribution is 5.58. The van der Waals surface area contributed by atoms with Gasteiger partial charge in [-0.15, -0.1) is 0 Å². The van der Waals surface area contributed by atoms with Crippen molar-refractivity contribution < 1.29 is 4.92 Å². The lowest BCUT2D eigenvalue weighted by molar-refractivity contribution is -0.385. The van der Waals surface area contributed by atoms with Crippen LogP contribution in [0.5, 0.6) is 0 Å². The molecule has 0 fully saturated rings. The van der Waals surface area contributed by atoms with Gasteiger partial charge in [0.25, 0.3) is 0 Å². The number of aromatic nitrogens is 4. The zero-order valence-electron chi connectivity index (χ0n) is 10.7. The summed E-state index contributed by atoms with van der Waals surface area (Å²) in [6.45, 7) is 2.74. The van der Waals surface area contributed by atoms with Gasteiger partial charge < -0.3 is 9.88 Å². The molecule has 2 aromatic heterocycles. The molecule has 2 aromatic rings. The van der Waals surface area contributed by atoms with Crippen LogP contribution in [0.2, 0.25) is 0 Å². The molecule has 2 heterocycles. The van der Waals surface area contributed by atoms with Gasteiger partial charge in [-0.1, -0.05) is 0 Å². The first-order valence-corrected chi connectivity index (χ1v) is 5.83. The van der Waals surface area contributed by atoms with Gasteiger partial charge in [-0.3, -0.25) is 10.1 Å². The Morgan fingerprint density at radius 3 is 2.84 bits per heavy atom. The molecular weight excluding hydrogens is 248 g/mol. The number of imidazole rings is 1. The van der Waals surface area contributed by atoms with Crippen molar-refractivity contribution >= 4 is 11.5 Å². The highest BCUT2D eigenvalue weighted by Gasteiger charge is 2.23. The zero-order chi connectivity index (χ0) is 13.8. The molecule has 0 aliphatic carbocycles. The Hall–Kier alpha value is -2.51. The van der Waals surface area contributed by atoms with Gasteiger partial charge in [-0.25, -0.2) is 15.0 Å². The number of rotatable bonds is 5. The van der Waals surface area contributed by atoms with Crippen LogP contribution in [0, 0.1) is 10.1 Å². The smallest absolute Gasteiger partial charge is 0.333 e. The summed E-state index contributed by atoms with van der Waals surface area (Å²) in [6, 6.07) is 0. The maximum absolute atomic E-state index is 11.1. The highest BCUT2D eigenvalue weighted by Crippen LogP contribution is 2.25. The van der Waals surface area contributed by atoms with Crippen LogP contribution < -0.4 is 5.32 Å². The number of anilines is 1. The molecule has 0 aliphatic rings. The fourth-order valence-electron chi connectivity index (χ4n) is 1.86. The molecule has 0 saturated carbocycles. The van der Waals surface area contributed by atoms with E-state index in [9.17, 15) is 10.1 Å². The third-order valence-electron chi connectivity index (χ3n) is 2.79. The van der Waals surface area contributed by atoms with Crippen molar-refractivity contribution in [1.82, 2.24) is 19.5 Å². The first-order valence-electron chi connectivity index (χ1n) is 5.83. The maximum Gasteiger partial charge on any atom is 0.333 e. The quantitative estimate of drug-likeness (QED) is 0.642. The van der Waals surface area contributed by atoms with Crippen LogP contribution in [0.25, 0.3) is 0 Å². The van der Waals surface area contributed by atoms with Crippen LogP contribution in [0.4, 0.5) is 11.5 Å². The third kappa shape index (κ3) is 2.51. The Balaban J connectivity index is 2.42. The van der Waals surface area contributed by atoms with E-state index in [4.69, 9.17) is 0 Å². The van der Waals surface area contributed by atoms with Gasteiger partial charge >= 0.3 is 5.69 Å². The Morgan fingerprint density at radius 2 is 2.21 bits per heavy atom. The minimum atomic E-state index is -0.472. The minimum Gasteiger partial charge on any atom is -0.367 e. The largest absolute Gasteiger partial charge is 0.367 e. The molecule has 0 spiro atoms. The first-order chi connectivity index (χ1) is 9.17. The van der Waals surface area contributed by atoms with Crippen LogP contribution in [0.1, 0.15) is 18.4 Å². The lowest BCUT2D eigenvalue weighted by Gasteiger charge is -2.07. The van der Waals surface area contributed by atoms with Gasteiger partial charge in [0.05, 0.1) is 11.3 Å². The molecular formula is C11H14N6O2. The number of hydrogen-bond donors (Lipinski definition) is 1. The van der Waals surface area contributed by atoms with Gasteiger partial charge in [0, 0.05) is 26.0 Å². The summed E-state index contributed by atoms with van der Waals surface area (Å²) in [5.74, 6) is 0.955. The van der Waals surface area contributed by atoms with Crippen molar-refractivity contribution in [2.75, 3.05) is 12.4 Å². The van der Waals surface area contributed by atoms with Crippen LogP contribution >= 0.6 is 0 Å². The summed E-state index contributed by atoms with van der Waals surface area (Å²) in [6.07, 6.45) is 5.12. The van der Waals surface area contributed by atoms with E-state index >= 15 is 0 Å². The summed E-state index contributed by atoms with van der Waals surface area (Å²) in [5.41, 5.74) is 0.251. The number of aryl methyl sites for hydroxylation is 1. The number of nitrogens with zero attached hydrogens (tertiary/aromatic N) is 5. The van der Waals surface area contributed by atoms with Gasteiger partial charge in [0.15, 0.2) is 0 Å². The van der Waals surface area contributed by atoms with Gasteiger partial charge in [0.1, 0.15) is 17.8 Å². The molecule has 8 nitrogen and oxygen atoms in total. The van der Waals surface area contributed by atoms with Crippen molar-refractivity contribution in [2.45, 2.75) is 19.9 Å². The maximum atomic E-state index is 11.1. The molecule has 19 heavy (non-hydrogen) atoms. The normalized spacial score (nSPS) is 10.4. The summed E-state index contributed by atoms with van der Waals surface area (Å²) < 4.78 is 1.92. The van der Waals surface area contributed by atoms with Crippen molar-refractivity contribution in [3.8, 4) is 0 Å². The second-order valence-corrected chi connectivity index (χ2v) is 3.83. The monoisotopic (exact) mass is 262 g/mol. The van der Waals surface area contributed by atoms with Crippen molar-refractivity contribution in [3.63, 3.8) is 0 Å². The molecule has 0 radical (unpaired) electrons. The highest BCUT2D eigenvalue weighted by atomic mass is 16.6. The zero-order valence-corrected chi connectivity index (χ0v) is 10.7. The molecule has 0 aromatic carbocycles. The van der Waals surface area contributed by atoms with E-state index in [1.165, 1.54) is 6.33 Å². The van der Waals surface area contributed by atoms with Crippen LogP contribution in [0.3, 0.4) is 0 Å². The average Bonchev–Trinajstić information content (AvgIpc) is 2.85. The standard InChI is InChI=1S/C11H14N6O2/c1-3-16-5-4-13-9(16)6-8-10(17(18)19)11(12-2)15-7-14-8/h4-5,7H,3,6H2,1-2H3,(H,12,14,15). The minimum absolute atomic E-state index is 0.101. The van der Waals surface area contributed by atoms with E-state index in [0.717, 1.165) is 12.4 Å². The molecule has 0 amide bonds. The molecule has 100 valence electrons. The van der Waals surface area contributed by atoms with E-state index < -0.39 is 4.92 Å². The van der Waals surface area contributed by atoms with E-state index in [2.05, 4.69) is 20.3 Å². The Bertz CT molecular complexity index is 595. The first kappa shape index (κ1) is 12.9. The SMILES string of the molecule is CCn1ccnc1Cc1ncnc(NC)c1[N+](=O)[O-]. The van der Waals surface area contributed by atoms with Crippen LogP contribution in [-0.4, -0.2) is 31.5 Å². The lowest BCUT2D eigenvalue weighted by Crippen LogP contribution is -2.08. The summed E-state index contributed by atoms with van der Waals surface area (Å²) in [4.78, 5) is 22.7. The summed E-state index contributed by atoms with van der Waals surface area (Å²) in [7, 11) is 1.59. The molecule has 0 unspecified atom stereocenters. The Morgan fingerprint density at radius 1 is 1.42 bits per heavy atom. The number of hydrogen-bond acceptors (Lipinski definition) is 6. The fraction of sp³-hybridized carbons (Fsp3) is 0.364. The second kappa shape index (κ2) is 5.42. The molecule has 0 saturated heterocycles. The van der Waals surface area contributed by atoms with Gasteiger partial charge in [-0.2, -0.15) is 0 Å². The van der Waals surface area contributed by atoms with E-state index in [1.54, 1.807) is 13.2 Å². The van der Waals surface area contributed by atoms with Crippen molar-refractivity contribution in [1.29, 1.82) is 0 Å². The predicted octanol–water partition coefficient (Wildman–Crippen LogP) is 1.23. The average molecular weight is 262 g/mol. The molecule has 2 rings (SSSR count). The molecule has 0 bridgehead atoms.